The number of aliphatic hydroxyl groups is 1. The maximum atomic E-state index is 11.6. The van der Waals surface area contributed by atoms with Gasteiger partial charge in [-0.3, -0.25) is 9.69 Å². The first kappa shape index (κ1) is 12.9. The van der Waals surface area contributed by atoms with Crippen LogP contribution in [0.3, 0.4) is 0 Å². The van der Waals surface area contributed by atoms with Crippen molar-refractivity contribution in [1.82, 2.24) is 4.90 Å². The maximum Gasteiger partial charge on any atom is 0.211 e. The van der Waals surface area contributed by atoms with Crippen molar-refractivity contribution < 1.29 is 14.3 Å². The molecule has 4 nitrogen and oxygen atoms in total. The Balaban J connectivity index is 2.19. The van der Waals surface area contributed by atoms with Gasteiger partial charge in [-0.15, -0.1) is 0 Å². The van der Waals surface area contributed by atoms with Crippen molar-refractivity contribution >= 4 is 5.78 Å². The minimum absolute atomic E-state index is 0.00894. The van der Waals surface area contributed by atoms with Crippen LogP contribution in [-0.2, 0) is 0 Å². The van der Waals surface area contributed by atoms with Crippen LogP contribution < -0.4 is 0 Å². The summed E-state index contributed by atoms with van der Waals surface area (Å²) in [6.45, 7) is 1.49. The van der Waals surface area contributed by atoms with Gasteiger partial charge < -0.3 is 9.52 Å². The van der Waals surface area contributed by atoms with Crippen molar-refractivity contribution in [2.75, 3.05) is 26.7 Å². The summed E-state index contributed by atoms with van der Waals surface area (Å²) in [4.78, 5) is 13.6. The molecule has 1 rings (SSSR count). The summed E-state index contributed by atoms with van der Waals surface area (Å²) in [6.07, 6.45) is 4.34. The molecule has 4 heteroatoms. The molecule has 0 aliphatic carbocycles. The average Bonchev–Trinajstić information content (AvgIpc) is 2.77. The summed E-state index contributed by atoms with van der Waals surface area (Å²) in [5.74, 6) is 0.428. The molecular weight excluding hydrogens is 206 g/mol. The van der Waals surface area contributed by atoms with Crippen molar-refractivity contribution in [3.8, 4) is 0 Å². The monoisotopic (exact) mass is 225 g/mol. The SMILES string of the molecule is CN(CCCCCO)CC(=O)c1ccco1. The van der Waals surface area contributed by atoms with Crippen molar-refractivity contribution in [2.45, 2.75) is 19.3 Å². The molecule has 0 atom stereocenters. The van der Waals surface area contributed by atoms with Gasteiger partial charge in [-0.1, -0.05) is 0 Å². The second-order valence-corrected chi connectivity index (χ2v) is 3.92. The second-order valence-electron chi connectivity index (χ2n) is 3.92. The van der Waals surface area contributed by atoms with E-state index in [4.69, 9.17) is 9.52 Å². The Bertz CT molecular complexity index is 295. The molecule has 0 saturated carbocycles. The van der Waals surface area contributed by atoms with Gasteiger partial charge in [0.1, 0.15) is 0 Å². The van der Waals surface area contributed by atoms with Gasteiger partial charge in [0.2, 0.25) is 5.78 Å². The Kier molecular flexibility index (Phi) is 5.82. The van der Waals surface area contributed by atoms with Crippen molar-refractivity contribution in [2.24, 2.45) is 0 Å². The van der Waals surface area contributed by atoms with Gasteiger partial charge in [-0.25, -0.2) is 0 Å². The molecule has 0 aliphatic heterocycles. The molecule has 0 unspecified atom stereocenters. The third kappa shape index (κ3) is 4.59. The van der Waals surface area contributed by atoms with Gasteiger partial charge in [0.15, 0.2) is 5.76 Å². The Labute approximate surface area is 95.9 Å². The lowest BCUT2D eigenvalue weighted by molar-refractivity contribution is 0.0917. The van der Waals surface area contributed by atoms with Crippen LogP contribution in [0.25, 0.3) is 0 Å². The highest BCUT2D eigenvalue weighted by Crippen LogP contribution is 2.03. The number of furan rings is 1. The summed E-state index contributed by atoms with van der Waals surface area (Å²) in [7, 11) is 1.92. The van der Waals surface area contributed by atoms with Crippen molar-refractivity contribution in [3.63, 3.8) is 0 Å². The molecule has 0 amide bonds. The van der Waals surface area contributed by atoms with Gasteiger partial charge in [0.25, 0.3) is 0 Å². The summed E-state index contributed by atoms with van der Waals surface area (Å²) in [6, 6.07) is 3.40. The zero-order valence-electron chi connectivity index (χ0n) is 9.69. The summed E-state index contributed by atoms with van der Waals surface area (Å²) in [5, 5.41) is 8.62. The number of nitrogens with zero attached hydrogens (tertiary/aromatic N) is 1. The number of hydrogen-bond donors (Lipinski definition) is 1. The molecule has 1 aromatic rings. The highest BCUT2D eigenvalue weighted by molar-refractivity contribution is 5.94. The minimum atomic E-state index is 0.00894. The molecule has 0 saturated heterocycles. The number of hydrogen-bond acceptors (Lipinski definition) is 4. The minimum Gasteiger partial charge on any atom is -0.461 e. The number of unbranched alkanes of at least 4 members (excludes halogenated alkanes) is 2. The number of rotatable bonds is 8. The molecule has 1 heterocycles. The fraction of sp³-hybridized carbons (Fsp3) is 0.583. The maximum absolute atomic E-state index is 11.6. The van der Waals surface area contributed by atoms with E-state index in [1.807, 2.05) is 11.9 Å². The molecule has 0 aliphatic rings. The summed E-state index contributed by atoms with van der Waals surface area (Å²) < 4.78 is 5.03. The Morgan fingerprint density at radius 2 is 2.25 bits per heavy atom. The number of aliphatic hydroxyl groups excluding tert-OH is 1. The van der Waals surface area contributed by atoms with Crippen LogP contribution in [0.15, 0.2) is 22.8 Å². The molecule has 1 aromatic heterocycles. The van der Waals surface area contributed by atoms with Crippen LogP contribution in [0.2, 0.25) is 0 Å². The van der Waals surface area contributed by atoms with Gasteiger partial charge in [-0.2, -0.15) is 0 Å². The first-order valence-corrected chi connectivity index (χ1v) is 5.60. The van der Waals surface area contributed by atoms with Crippen molar-refractivity contribution in [1.29, 1.82) is 0 Å². The third-order valence-electron chi connectivity index (χ3n) is 2.41. The van der Waals surface area contributed by atoms with Crippen LogP contribution in [0.5, 0.6) is 0 Å². The molecule has 0 radical (unpaired) electrons. The number of likely N-dealkylation sites (N-methyl/N-ethyl adjacent to an activating group) is 1. The molecule has 0 bridgehead atoms. The molecular formula is C12H19NO3. The third-order valence-corrected chi connectivity index (χ3v) is 2.41. The van der Waals surface area contributed by atoms with E-state index in [1.165, 1.54) is 6.26 Å². The van der Waals surface area contributed by atoms with E-state index >= 15 is 0 Å². The topological polar surface area (TPSA) is 53.7 Å². The predicted octanol–water partition coefficient (Wildman–Crippen LogP) is 1.56. The van der Waals surface area contributed by atoms with Gasteiger partial charge >= 0.3 is 0 Å². The fourth-order valence-corrected chi connectivity index (χ4v) is 1.51. The first-order valence-electron chi connectivity index (χ1n) is 5.60. The van der Waals surface area contributed by atoms with E-state index < -0.39 is 0 Å². The van der Waals surface area contributed by atoms with Gasteiger partial charge in [-0.05, 0) is 45.0 Å². The number of Topliss-reactive ketones (excluding diaryl/α,β-unsaturated/α-hetero) is 1. The summed E-state index contributed by atoms with van der Waals surface area (Å²) in [5.41, 5.74) is 0. The van der Waals surface area contributed by atoms with E-state index in [2.05, 4.69) is 0 Å². The normalized spacial score (nSPS) is 10.9. The quantitative estimate of drug-likeness (QED) is 0.539. The van der Waals surface area contributed by atoms with E-state index in [9.17, 15) is 4.79 Å². The van der Waals surface area contributed by atoms with Crippen LogP contribution in [-0.4, -0.2) is 42.5 Å². The highest BCUT2D eigenvalue weighted by atomic mass is 16.3. The molecule has 0 spiro atoms. The Morgan fingerprint density at radius 1 is 1.44 bits per heavy atom. The molecule has 16 heavy (non-hydrogen) atoms. The molecule has 90 valence electrons. The zero-order chi connectivity index (χ0) is 11.8. The Hall–Kier alpha value is -1.13. The lowest BCUT2D eigenvalue weighted by Crippen LogP contribution is -2.26. The largest absolute Gasteiger partial charge is 0.461 e. The van der Waals surface area contributed by atoms with Crippen LogP contribution >= 0.6 is 0 Å². The number of ketones is 1. The lowest BCUT2D eigenvalue weighted by Gasteiger charge is -2.14. The predicted molar refractivity (Wildman–Crippen MR) is 61.5 cm³/mol. The van der Waals surface area contributed by atoms with Crippen molar-refractivity contribution in [3.05, 3.63) is 24.2 Å². The second kappa shape index (κ2) is 7.19. The van der Waals surface area contributed by atoms with E-state index in [1.54, 1.807) is 12.1 Å². The van der Waals surface area contributed by atoms with Gasteiger partial charge in [0.05, 0.1) is 12.8 Å². The Morgan fingerprint density at radius 3 is 2.88 bits per heavy atom. The van der Waals surface area contributed by atoms with E-state index in [0.29, 0.717) is 12.3 Å². The van der Waals surface area contributed by atoms with Crippen LogP contribution in [0.4, 0.5) is 0 Å². The fourth-order valence-electron chi connectivity index (χ4n) is 1.51. The molecule has 1 N–H and O–H groups in total. The standard InChI is InChI=1S/C12H19NO3/c1-13(7-3-2-4-8-14)10-11(15)12-6-5-9-16-12/h5-6,9,14H,2-4,7-8,10H2,1H3. The smallest absolute Gasteiger partial charge is 0.211 e. The average molecular weight is 225 g/mol. The van der Waals surface area contributed by atoms with Crippen LogP contribution in [0, 0.1) is 0 Å². The molecule has 0 aromatic carbocycles. The van der Waals surface area contributed by atoms with Crippen LogP contribution in [0.1, 0.15) is 29.8 Å². The van der Waals surface area contributed by atoms with E-state index in [0.717, 1.165) is 25.8 Å². The first-order chi connectivity index (χ1) is 7.74. The zero-order valence-corrected chi connectivity index (χ0v) is 9.69. The lowest BCUT2D eigenvalue weighted by atomic mass is 10.2. The molecule has 0 fully saturated rings. The van der Waals surface area contributed by atoms with E-state index in [-0.39, 0.29) is 12.4 Å². The number of carbonyl (C=O) groups excluding carboxylic acids is 1. The number of carbonyl (C=O) groups is 1. The summed E-state index contributed by atoms with van der Waals surface area (Å²) >= 11 is 0. The van der Waals surface area contributed by atoms with Gasteiger partial charge in [0, 0.05) is 6.61 Å². The highest BCUT2D eigenvalue weighted by Gasteiger charge is 2.11.